The van der Waals surface area contributed by atoms with Gasteiger partial charge in [-0.15, -0.1) is 5.10 Å². The Morgan fingerprint density at radius 2 is 1.96 bits per heavy atom. The van der Waals surface area contributed by atoms with E-state index in [0.717, 1.165) is 29.0 Å². The quantitative estimate of drug-likeness (QED) is 0.751. The van der Waals surface area contributed by atoms with Crippen LogP contribution in [0.25, 0.3) is 0 Å². The zero-order valence-corrected chi connectivity index (χ0v) is 14.7. The highest BCUT2D eigenvalue weighted by atomic mass is 16.5. The van der Waals surface area contributed by atoms with Gasteiger partial charge in [-0.3, -0.25) is 0 Å². The molecule has 4 rings (SSSR count). The summed E-state index contributed by atoms with van der Waals surface area (Å²) in [5, 5.41) is 7.82. The van der Waals surface area contributed by atoms with Crippen LogP contribution in [-0.4, -0.2) is 29.0 Å². The summed E-state index contributed by atoms with van der Waals surface area (Å²) < 4.78 is 12.8. The molecule has 0 saturated carbocycles. The second-order valence-electron chi connectivity index (χ2n) is 6.21. The minimum atomic E-state index is -0.0385. The standard InChI is InChI=1S/C19H21N5O2/c1-25-13-7-5-6-12(10-13)15-11-16(14-8-3-4-9-17(14)26-2)24-19(21-15)22-18(20)23-24/h3-10,15-16H,11H2,1-2H3,(H3,20,21,22,23)/t15-,16+/m1/s1. The number of anilines is 2. The Hall–Kier alpha value is -3.22. The first kappa shape index (κ1) is 16.3. The van der Waals surface area contributed by atoms with Crippen LogP contribution in [0.15, 0.2) is 48.5 Å². The summed E-state index contributed by atoms with van der Waals surface area (Å²) in [6.45, 7) is 0. The molecule has 0 unspecified atom stereocenters. The Morgan fingerprint density at radius 3 is 2.77 bits per heavy atom. The minimum absolute atomic E-state index is 0.0385. The second kappa shape index (κ2) is 6.59. The minimum Gasteiger partial charge on any atom is -0.497 e. The lowest BCUT2D eigenvalue weighted by Gasteiger charge is -2.32. The van der Waals surface area contributed by atoms with Crippen LogP contribution in [0.3, 0.4) is 0 Å². The predicted octanol–water partition coefficient (Wildman–Crippen LogP) is 3.02. The van der Waals surface area contributed by atoms with Gasteiger partial charge in [-0.1, -0.05) is 30.3 Å². The van der Waals surface area contributed by atoms with Gasteiger partial charge in [0.05, 0.1) is 26.3 Å². The lowest BCUT2D eigenvalue weighted by Crippen LogP contribution is -2.28. The summed E-state index contributed by atoms with van der Waals surface area (Å²) in [7, 11) is 3.35. The van der Waals surface area contributed by atoms with Gasteiger partial charge in [-0.05, 0) is 30.2 Å². The highest BCUT2D eigenvalue weighted by Gasteiger charge is 2.32. The molecule has 0 radical (unpaired) electrons. The van der Waals surface area contributed by atoms with E-state index in [1.54, 1.807) is 14.2 Å². The molecule has 0 spiro atoms. The van der Waals surface area contributed by atoms with Gasteiger partial charge in [-0.25, -0.2) is 4.68 Å². The van der Waals surface area contributed by atoms with E-state index >= 15 is 0 Å². The van der Waals surface area contributed by atoms with E-state index in [4.69, 9.17) is 15.2 Å². The van der Waals surface area contributed by atoms with Crippen molar-refractivity contribution in [2.45, 2.75) is 18.5 Å². The number of fused-ring (bicyclic) bond motifs is 1. The first-order valence-electron chi connectivity index (χ1n) is 8.45. The van der Waals surface area contributed by atoms with Crippen molar-refractivity contribution in [2.24, 2.45) is 0 Å². The Bertz CT molecular complexity index is 924. The van der Waals surface area contributed by atoms with E-state index in [2.05, 4.69) is 27.5 Å². The van der Waals surface area contributed by atoms with Crippen molar-refractivity contribution in [3.8, 4) is 11.5 Å². The number of nitrogens with one attached hydrogen (secondary N) is 1. The molecule has 134 valence electrons. The Kier molecular flexibility index (Phi) is 4.12. The summed E-state index contributed by atoms with van der Waals surface area (Å²) in [6, 6.07) is 16.0. The van der Waals surface area contributed by atoms with Crippen LogP contribution < -0.4 is 20.5 Å². The Labute approximate surface area is 151 Å². The van der Waals surface area contributed by atoms with Gasteiger partial charge in [0, 0.05) is 5.56 Å². The third-order valence-electron chi connectivity index (χ3n) is 4.70. The number of nitrogens with zero attached hydrogens (tertiary/aromatic N) is 3. The monoisotopic (exact) mass is 351 g/mol. The molecule has 0 bridgehead atoms. The van der Waals surface area contributed by atoms with Crippen LogP contribution in [0.2, 0.25) is 0 Å². The maximum atomic E-state index is 5.86. The van der Waals surface area contributed by atoms with Gasteiger partial charge in [0.25, 0.3) is 0 Å². The van der Waals surface area contributed by atoms with Crippen molar-refractivity contribution in [3.05, 3.63) is 59.7 Å². The maximum absolute atomic E-state index is 5.86. The number of benzene rings is 2. The summed E-state index contributed by atoms with van der Waals surface area (Å²) >= 11 is 0. The van der Waals surface area contributed by atoms with Gasteiger partial charge in [0.15, 0.2) is 0 Å². The second-order valence-corrected chi connectivity index (χ2v) is 6.21. The molecule has 2 aromatic carbocycles. The molecule has 1 aliphatic heterocycles. The molecule has 2 heterocycles. The average Bonchev–Trinajstić information content (AvgIpc) is 3.07. The van der Waals surface area contributed by atoms with E-state index in [1.807, 2.05) is 41.1 Å². The van der Waals surface area contributed by atoms with Crippen LogP contribution in [0.1, 0.15) is 29.6 Å². The average molecular weight is 351 g/mol. The highest BCUT2D eigenvalue weighted by Crippen LogP contribution is 2.41. The van der Waals surface area contributed by atoms with E-state index in [9.17, 15) is 0 Å². The number of hydrogen-bond donors (Lipinski definition) is 2. The van der Waals surface area contributed by atoms with Gasteiger partial charge in [0.2, 0.25) is 11.9 Å². The van der Waals surface area contributed by atoms with E-state index < -0.39 is 0 Å². The van der Waals surface area contributed by atoms with Crippen LogP contribution in [0.4, 0.5) is 11.9 Å². The molecule has 7 nitrogen and oxygen atoms in total. The lowest BCUT2D eigenvalue weighted by atomic mass is 9.93. The number of methoxy groups -OCH3 is 2. The van der Waals surface area contributed by atoms with E-state index in [-0.39, 0.29) is 18.0 Å². The van der Waals surface area contributed by atoms with Crippen molar-refractivity contribution in [2.75, 3.05) is 25.3 Å². The number of ether oxygens (including phenoxy) is 2. The Balaban J connectivity index is 1.78. The zero-order chi connectivity index (χ0) is 18.1. The summed E-state index contributed by atoms with van der Waals surface area (Å²) in [5.74, 6) is 2.55. The molecule has 0 fully saturated rings. The van der Waals surface area contributed by atoms with Crippen molar-refractivity contribution in [3.63, 3.8) is 0 Å². The number of rotatable bonds is 4. The molecule has 0 aliphatic carbocycles. The molecular weight excluding hydrogens is 330 g/mol. The maximum Gasteiger partial charge on any atom is 0.241 e. The summed E-state index contributed by atoms with van der Waals surface area (Å²) in [6.07, 6.45) is 0.781. The number of nitrogen functional groups attached to an aromatic ring is 1. The van der Waals surface area contributed by atoms with Crippen molar-refractivity contribution in [1.29, 1.82) is 0 Å². The largest absolute Gasteiger partial charge is 0.497 e. The molecule has 7 heteroatoms. The number of aromatic nitrogens is 3. The zero-order valence-electron chi connectivity index (χ0n) is 14.7. The summed E-state index contributed by atoms with van der Waals surface area (Å²) in [5.41, 5.74) is 8.04. The molecule has 3 N–H and O–H groups in total. The third kappa shape index (κ3) is 2.81. The van der Waals surface area contributed by atoms with E-state index in [0.29, 0.717) is 5.95 Å². The molecule has 1 aromatic heterocycles. The highest BCUT2D eigenvalue weighted by molar-refractivity contribution is 5.45. The fourth-order valence-corrected chi connectivity index (χ4v) is 3.47. The summed E-state index contributed by atoms with van der Waals surface area (Å²) in [4.78, 5) is 4.35. The Morgan fingerprint density at radius 1 is 1.12 bits per heavy atom. The first-order valence-corrected chi connectivity index (χ1v) is 8.45. The van der Waals surface area contributed by atoms with Crippen LogP contribution in [0.5, 0.6) is 11.5 Å². The molecular formula is C19H21N5O2. The molecule has 0 saturated heterocycles. The fraction of sp³-hybridized carbons (Fsp3) is 0.263. The van der Waals surface area contributed by atoms with Crippen molar-refractivity contribution < 1.29 is 9.47 Å². The normalized spacial score (nSPS) is 18.7. The van der Waals surface area contributed by atoms with Crippen LogP contribution in [-0.2, 0) is 0 Å². The van der Waals surface area contributed by atoms with Gasteiger partial charge in [0.1, 0.15) is 11.5 Å². The first-order chi connectivity index (χ1) is 12.7. The van der Waals surface area contributed by atoms with Crippen molar-refractivity contribution in [1.82, 2.24) is 14.8 Å². The predicted molar refractivity (Wildman–Crippen MR) is 99.5 cm³/mol. The number of para-hydroxylation sites is 1. The lowest BCUT2D eigenvalue weighted by molar-refractivity contribution is 0.379. The SMILES string of the molecule is COc1cccc([C@H]2C[C@@H](c3ccccc3OC)n3nc(N)nc3N2)c1. The topological polar surface area (TPSA) is 87.2 Å². The van der Waals surface area contributed by atoms with E-state index in [1.165, 1.54) is 0 Å². The van der Waals surface area contributed by atoms with Crippen LogP contribution >= 0.6 is 0 Å². The van der Waals surface area contributed by atoms with Crippen LogP contribution in [0, 0.1) is 0 Å². The number of hydrogen-bond acceptors (Lipinski definition) is 6. The van der Waals surface area contributed by atoms with Gasteiger partial charge >= 0.3 is 0 Å². The van der Waals surface area contributed by atoms with Crippen molar-refractivity contribution >= 4 is 11.9 Å². The fourth-order valence-electron chi connectivity index (χ4n) is 3.47. The smallest absolute Gasteiger partial charge is 0.241 e. The molecule has 2 atom stereocenters. The molecule has 26 heavy (non-hydrogen) atoms. The van der Waals surface area contributed by atoms with Gasteiger partial charge < -0.3 is 20.5 Å². The third-order valence-corrected chi connectivity index (χ3v) is 4.70. The van der Waals surface area contributed by atoms with Gasteiger partial charge in [-0.2, -0.15) is 4.98 Å². The molecule has 1 aliphatic rings. The molecule has 0 amide bonds. The number of nitrogens with two attached hydrogens (primary N) is 1. The molecule has 3 aromatic rings.